The van der Waals surface area contributed by atoms with Gasteiger partial charge in [0.15, 0.2) is 0 Å². The van der Waals surface area contributed by atoms with Crippen molar-refractivity contribution in [2.45, 2.75) is 170 Å². The molecule has 0 radical (unpaired) electrons. The molecule has 9 rings (SSSR count). The third-order valence-corrected chi connectivity index (χ3v) is 18.2. The Labute approximate surface area is 446 Å². The second-order valence-corrected chi connectivity index (χ2v) is 27.7. The minimum Gasteiger partial charge on any atom is -0.265 e. The largest absolute Gasteiger partial charge is 0.265 e. The molecule has 4 nitrogen and oxygen atoms in total. The van der Waals surface area contributed by atoms with Gasteiger partial charge < -0.3 is 0 Å². The average molecular weight is 1020 g/mol. The van der Waals surface area contributed by atoms with Gasteiger partial charge in [-0.2, -0.15) is 0 Å². The third-order valence-electron chi connectivity index (χ3n) is 13.5. The molecule has 0 fully saturated rings. The summed E-state index contributed by atoms with van der Waals surface area (Å²) in [6, 6.07) is 37.6. The quantitative estimate of drug-likeness (QED) is 0.149. The van der Waals surface area contributed by atoms with E-state index in [9.17, 15) is 0 Å². The number of fused-ring (bicyclic) bond motifs is 8. The molecule has 1 aliphatic rings. The van der Waals surface area contributed by atoms with Crippen LogP contribution in [0.15, 0.2) is 186 Å². The molecule has 0 saturated heterocycles. The van der Waals surface area contributed by atoms with E-state index in [0.29, 0.717) is 0 Å². The number of hydrogen-bond acceptors (Lipinski definition) is 8. The Hall–Kier alpha value is -5.12. The highest BCUT2D eigenvalue weighted by Gasteiger charge is 2.29. The Kier molecular flexibility index (Phi) is 15.1. The molecule has 0 spiro atoms. The van der Waals surface area contributed by atoms with E-state index in [2.05, 4.69) is 200 Å². The molecule has 8 bridgehead atoms. The van der Waals surface area contributed by atoms with Crippen LogP contribution < -0.4 is 0 Å². The van der Waals surface area contributed by atoms with Gasteiger partial charge in [0.25, 0.3) is 0 Å². The lowest BCUT2D eigenvalue weighted by molar-refractivity contribution is 0.586. The lowest BCUT2D eigenvalue weighted by Gasteiger charge is -2.29. The molecule has 0 saturated carbocycles. The smallest absolute Gasteiger partial charge is 0.0270 e. The van der Waals surface area contributed by atoms with Crippen molar-refractivity contribution in [2.75, 3.05) is 0 Å². The van der Waals surface area contributed by atoms with Crippen LogP contribution in [0, 0.1) is 0 Å². The highest BCUT2D eigenvalue weighted by atomic mass is 32.2. The fraction of sp³-hybridized carbons (Fsp3) is 0.312. The van der Waals surface area contributed by atoms with Crippen molar-refractivity contribution in [2.24, 2.45) is 0 Å². The lowest BCUT2D eigenvalue weighted by atomic mass is 9.86. The third kappa shape index (κ3) is 12.3. The Morgan fingerprint density at radius 1 is 0.264 bits per heavy atom. The summed E-state index contributed by atoms with van der Waals surface area (Å²) in [6.45, 7) is 28.3. The Bertz CT molecular complexity index is 2670. The summed E-state index contributed by atoms with van der Waals surface area (Å²) in [4.78, 5) is 28.2. The van der Waals surface area contributed by atoms with E-state index in [-0.39, 0.29) is 21.7 Å². The molecule has 5 heterocycles. The average Bonchev–Trinajstić information content (AvgIpc) is 3.32. The summed E-state index contributed by atoms with van der Waals surface area (Å²) in [5, 5.41) is 0. The molecule has 1 aliphatic heterocycles. The summed E-state index contributed by atoms with van der Waals surface area (Å²) >= 11 is 7.83. The van der Waals surface area contributed by atoms with E-state index in [1.165, 1.54) is 106 Å². The van der Waals surface area contributed by atoms with Crippen LogP contribution >= 0.6 is 47.0 Å². The first kappa shape index (κ1) is 51.8. The molecule has 368 valence electrons. The number of aromatic nitrogens is 4. The van der Waals surface area contributed by atoms with Gasteiger partial charge >= 0.3 is 0 Å². The van der Waals surface area contributed by atoms with Crippen molar-refractivity contribution >= 4 is 47.0 Å². The lowest BCUT2D eigenvalue weighted by Crippen LogP contribution is -2.14. The van der Waals surface area contributed by atoms with Crippen molar-refractivity contribution in [3.63, 3.8) is 0 Å². The van der Waals surface area contributed by atoms with Crippen LogP contribution in [-0.2, 0) is 47.3 Å². The molecule has 4 aromatic carbocycles. The summed E-state index contributed by atoms with van der Waals surface area (Å²) in [5.74, 6) is 0. The molecule has 4 aromatic heterocycles. The van der Waals surface area contributed by atoms with E-state index in [0.717, 1.165) is 25.7 Å². The minimum atomic E-state index is -0.109. The van der Waals surface area contributed by atoms with Crippen LogP contribution in [0.1, 0.15) is 150 Å². The highest BCUT2D eigenvalue weighted by Crippen LogP contribution is 2.52. The summed E-state index contributed by atoms with van der Waals surface area (Å²) in [7, 11) is 0. The molecule has 8 aromatic rings. The number of nitrogens with zero attached hydrogens (tertiary/aromatic N) is 4. The predicted molar refractivity (Wildman–Crippen MR) is 305 cm³/mol. The zero-order valence-electron chi connectivity index (χ0n) is 44.1. The van der Waals surface area contributed by atoms with Crippen LogP contribution in [-0.4, -0.2) is 19.9 Å². The van der Waals surface area contributed by atoms with E-state index in [1.807, 2.05) is 96.6 Å². The number of benzene rings is 4. The van der Waals surface area contributed by atoms with Gasteiger partial charge in [-0.25, -0.2) is 0 Å². The van der Waals surface area contributed by atoms with E-state index in [1.54, 1.807) is 0 Å². The van der Waals surface area contributed by atoms with Gasteiger partial charge in [0.1, 0.15) is 0 Å². The van der Waals surface area contributed by atoms with Crippen molar-refractivity contribution in [3.8, 4) is 0 Å². The van der Waals surface area contributed by atoms with Gasteiger partial charge in [-0.1, -0.05) is 130 Å². The molecule has 72 heavy (non-hydrogen) atoms. The first-order valence-corrected chi connectivity index (χ1v) is 28.4. The normalized spacial score (nSPS) is 13.3. The van der Waals surface area contributed by atoms with Gasteiger partial charge in [0, 0.05) is 88.7 Å². The standard InChI is InChI=1S/C64H68N4S4/c1-61(2,3)45-33-53-49(29-41-13-21-65-22-14-41)54(34-45)70-56-36-47(63(7,8)9)38-58(51(56)31-43-17-25-67-26-18-43)72-60-40-48(64(10,11)12)39-59(52(60)32-44-19-27-68-28-20-44)71-57-37-46(62(4,5)6)35-55(69-53)50(57)30-42-15-23-66-24-16-42/h13-28,33-40H,29-32H2,1-12H3. The maximum absolute atomic E-state index is 4.47. The van der Waals surface area contributed by atoms with Gasteiger partial charge in [0.2, 0.25) is 0 Å². The van der Waals surface area contributed by atoms with Gasteiger partial charge in [-0.15, -0.1) is 0 Å². The first-order chi connectivity index (χ1) is 34.2. The molecule has 0 amide bonds. The van der Waals surface area contributed by atoms with Crippen molar-refractivity contribution in [1.82, 2.24) is 19.9 Å². The summed E-state index contributed by atoms with van der Waals surface area (Å²) in [6.07, 6.45) is 18.6. The summed E-state index contributed by atoms with van der Waals surface area (Å²) in [5.41, 5.74) is 15.2. The number of rotatable bonds is 8. The predicted octanol–water partition coefficient (Wildman–Crippen LogP) is 17.7. The van der Waals surface area contributed by atoms with E-state index >= 15 is 0 Å². The molecule has 0 unspecified atom stereocenters. The summed E-state index contributed by atoms with van der Waals surface area (Å²) < 4.78 is 0. The van der Waals surface area contributed by atoms with Gasteiger partial charge in [-0.05, 0) is 211 Å². The zero-order chi connectivity index (χ0) is 51.0. The monoisotopic (exact) mass is 1020 g/mol. The molecular formula is C64H68N4S4. The molecule has 0 N–H and O–H groups in total. The fourth-order valence-electron chi connectivity index (χ4n) is 8.93. The Balaban J connectivity index is 1.44. The molecule has 0 atom stereocenters. The van der Waals surface area contributed by atoms with Crippen molar-refractivity contribution in [1.29, 1.82) is 0 Å². The first-order valence-electron chi connectivity index (χ1n) is 25.1. The maximum atomic E-state index is 4.47. The minimum absolute atomic E-state index is 0.109. The van der Waals surface area contributed by atoms with Crippen molar-refractivity contribution in [3.05, 3.63) is 213 Å². The van der Waals surface area contributed by atoms with Gasteiger partial charge in [0.05, 0.1) is 0 Å². The fourth-order valence-corrected chi connectivity index (χ4v) is 14.1. The van der Waals surface area contributed by atoms with Crippen molar-refractivity contribution < 1.29 is 0 Å². The molecule has 0 aliphatic carbocycles. The SMILES string of the molecule is CC(C)(C)c1cc2c(Cc3ccncc3)c(c1)Sc1cc(C(C)(C)C)cc(c1Cc1ccncc1)Sc1cc(C(C)(C)C)cc(c1Cc1ccncc1)Sc1cc(C(C)(C)C)cc(c1Cc1ccncc1)S2. The molecule has 8 heteroatoms. The van der Waals surface area contributed by atoms with Crippen LogP contribution in [0.4, 0.5) is 0 Å². The maximum Gasteiger partial charge on any atom is 0.0270 e. The number of pyridine rings is 4. The second kappa shape index (κ2) is 21.0. The number of hydrogen-bond donors (Lipinski definition) is 0. The Morgan fingerprint density at radius 2 is 0.417 bits per heavy atom. The van der Waals surface area contributed by atoms with Crippen LogP contribution in [0.25, 0.3) is 0 Å². The van der Waals surface area contributed by atoms with Crippen LogP contribution in [0.3, 0.4) is 0 Å². The van der Waals surface area contributed by atoms with Gasteiger partial charge in [-0.3, -0.25) is 19.9 Å². The molecular weight excluding hydrogens is 953 g/mol. The Morgan fingerprint density at radius 3 is 0.556 bits per heavy atom. The van der Waals surface area contributed by atoms with E-state index in [4.69, 9.17) is 0 Å². The van der Waals surface area contributed by atoms with Crippen LogP contribution in [0.5, 0.6) is 0 Å². The second-order valence-electron chi connectivity index (χ2n) is 23.3. The topological polar surface area (TPSA) is 51.6 Å². The zero-order valence-corrected chi connectivity index (χ0v) is 47.4. The van der Waals surface area contributed by atoms with Crippen LogP contribution in [0.2, 0.25) is 0 Å². The highest BCUT2D eigenvalue weighted by molar-refractivity contribution is 8.01. The van der Waals surface area contributed by atoms with E-state index < -0.39 is 0 Å².